The van der Waals surface area contributed by atoms with Crippen LogP contribution in [-0.4, -0.2) is 24.9 Å². The van der Waals surface area contributed by atoms with Crippen LogP contribution in [0.15, 0.2) is 39.3 Å². The minimum atomic E-state index is -0.113. The molecule has 0 saturated carbocycles. The van der Waals surface area contributed by atoms with E-state index >= 15 is 0 Å². The van der Waals surface area contributed by atoms with Gasteiger partial charge in [-0.15, -0.1) is 0 Å². The van der Waals surface area contributed by atoms with Crippen molar-refractivity contribution >= 4 is 45.0 Å². The summed E-state index contributed by atoms with van der Waals surface area (Å²) in [6, 6.07) is 7.76. The first kappa shape index (κ1) is 15.5. The molecule has 0 radical (unpaired) electrons. The number of benzene rings is 1. The van der Waals surface area contributed by atoms with E-state index in [0.29, 0.717) is 6.42 Å². The van der Waals surface area contributed by atoms with E-state index in [1.54, 1.807) is 25.1 Å². The van der Waals surface area contributed by atoms with Gasteiger partial charge in [0.1, 0.15) is 4.49 Å². The normalized spacial score (nSPS) is 11.8. The lowest BCUT2D eigenvalue weighted by molar-refractivity contribution is -0.128. The van der Waals surface area contributed by atoms with Crippen molar-refractivity contribution < 1.29 is 4.79 Å². The zero-order valence-electron chi connectivity index (χ0n) is 10.2. The minimum Gasteiger partial charge on any atom is -0.349 e. The molecule has 5 heteroatoms. The molecule has 98 valence electrons. The molecular weight excluding hydrogens is 337 g/mol. The third-order valence-electron chi connectivity index (χ3n) is 2.52. The van der Waals surface area contributed by atoms with Crippen LogP contribution in [0.25, 0.3) is 0 Å². The SMILES string of the molecule is CN(C)C(=O)C[C@@H](C=C(Cl)Cl)c1ccc(Br)cc1. The number of nitrogens with zero attached hydrogens (tertiary/aromatic N) is 1. The number of halogens is 3. The van der Waals surface area contributed by atoms with Crippen molar-refractivity contribution in [2.75, 3.05) is 14.1 Å². The Morgan fingerprint density at radius 3 is 2.33 bits per heavy atom. The Balaban J connectivity index is 2.95. The van der Waals surface area contributed by atoms with Crippen molar-refractivity contribution in [2.45, 2.75) is 12.3 Å². The summed E-state index contributed by atoms with van der Waals surface area (Å²) in [5, 5.41) is 0. The van der Waals surface area contributed by atoms with Crippen LogP contribution < -0.4 is 0 Å². The number of hydrogen-bond donors (Lipinski definition) is 0. The lowest BCUT2D eigenvalue weighted by atomic mass is 9.95. The molecule has 0 unspecified atom stereocenters. The van der Waals surface area contributed by atoms with E-state index in [4.69, 9.17) is 23.2 Å². The quantitative estimate of drug-likeness (QED) is 0.791. The second-order valence-corrected chi connectivity index (χ2v) is 6.03. The second-order valence-electron chi connectivity index (χ2n) is 4.11. The molecule has 1 aromatic carbocycles. The van der Waals surface area contributed by atoms with Crippen LogP contribution in [0.4, 0.5) is 0 Å². The molecule has 1 atom stereocenters. The van der Waals surface area contributed by atoms with Gasteiger partial charge in [0.25, 0.3) is 0 Å². The van der Waals surface area contributed by atoms with Gasteiger partial charge in [-0.1, -0.05) is 51.3 Å². The predicted molar refractivity (Wildman–Crippen MR) is 80.0 cm³/mol. The van der Waals surface area contributed by atoms with Crippen molar-refractivity contribution in [3.8, 4) is 0 Å². The molecule has 18 heavy (non-hydrogen) atoms. The van der Waals surface area contributed by atoms with Gasteiger partial charge in [0.15, 0.2) is 0 Å². The maximum absolute atomic E-state index is 11.8. The molecular formula is C13H14BrCl2NO. The highest BCUT2D eigenvalue weighted by atomic mass is 79.9. The average Bonchev–Trinajstić information content (AvgIpc) is 2.28. The Labute approximate surface area is 126 Å². The van der Waals surface area contributed by atoms with Crippen LogP contribution in [-0.2, 0) is 4.79 Å². The Bertz CT molecular complexity index is 439. The standard InChI is InChI=1S/C13H14BrCl2NO/c1-17(2)13(18)8-10(7-12(15)16)9-3-5-11(14)6-4-9/h3-7,10H,8H2,1-2H3/t10-/m1/s1. The molecule has 0 heterocycles. The van der Waals surface area contributed by atoms with E-state index in [-0.39, 0.29) is 16.3 Å². The van der Waals surface area contributed by atoms with Crippen LogP contribution >= 0.6 is 39.1 Å². The molecule has 0 aromatic heterocycles. The molecule has 0 aliphatic rings. The predicted octanol–water partition coefficient (Wildman–Crippen LogP) is 4.33. The van der Waals surface area contributed by atoms with Crippen LogP contribution in [0.2, 0.25) is 0 Å². The second kappa shape index (κ2) is 7.17. The summed E-state index contributed by atoms with van der Waals surface area (Å²) < 4.78 is 1.17. The molecule has 0 N–H and O–H groups in total. The summed E-state index contributed by atoms with van der Waals surface area (Å²) in [5.74, 6) is -0.0771. The van der Waals surface area contributed by atoms with E-state index < -0.39 is 0 Å². The molecule has 1 amide bonds. The highest BCUT2D eigenvalue weighted by Gasteiger charge is 2.15. The molecule has 0 aliphatic carbocycles. The van der Waals surface area contributed by atoms with Gasteiger partial charge < -0.3 is 4.90 Å². The van der Waals surface area contributed by atoms with E-state index in [1.165, 1.54) is 0 Å². The molecule has 2 nitrogen and oxygen atoms in total. The number of carbonyl (C=O) groups excluding carboxylic acids is 1. The first-order chi connectivity index (χ1) is 8.40. The van der Waals surface area contributed by atoms with E-state index in [0.717, 1.165) is 10.0 Å². The molecule has 0 fully saturated rings. The van der Waals surface area contributed by atoms with Gasteiger partial charge in [-0.05, 0) is 23.8 Å². The molecule has 0 bridgehead atoms. The lowest BCUT2D eigenvalue weighted by Crippen LogP contribution is -2.23. The maximum atomic E-state index is 11.8. The Kier molecular flexibility index (Phi) is 6.19. The van der Waals surface area contributed by atoms with Crippen molar-refractivity contribution in [2.24, 2.45) is 0 Å². The van der Waals surface area contributed by atoms with Crippen LogP contribution in [0, 0.1) is 0 Å². The Morgan fingerprint density at radius 2 is 1.89 bits per heavy atom. The van der Waals surface area contributed by atoms with E-state index in [9.17, 15) is 4.79 Å². The lowest BCUT2D eigenvalue weighted by Gasteiger charge is -2.16. The molecule has 1 rings (SSSR count). The summed E-state index contributed by atoms with van der Waals surface area (Å²) in [6.45, 7) is 0. The summed E-state index contributed by atoms with van der Waals surface area (Å²) in [5.41, 5.74) is 1.01. The van der Waals surface area contributed by atoms with Gasteiger partial charge >= 0.3 is 0 Å². The fraction of sp³-hybridized carbons (Fsp3) is 0.308. The fourth-order valence-corrected chi connectivity index (χ4v) is 2.07. The molecule has 0 aliphatic heterocycles. The van der Waals surface area contributed by atoms with Gasteiger partial charge in [-0.2, -0.15) is 0 Å². The molecule has 0 spiro atoms. The number of hydrogen-bond acceptors (Lipinski definition) is 1. The number of carbonyl (C=O) groups is 1. The van der Waals surface area contributed by atoms with Crippen molar-refractivity contribution in [3.05, 3.63) is 44.9 Å². The first-order valence-electron chi connectivity index (χ1n) is 5.38. The zero-order chi connectivity index (χ0) is 13.7. The maximum Gasteiger partial charge on any atom is 0.222 e. The Hall–Kier alpha value is -0.510. The largest absolute Gasteiger partial charge is 0.349 e. The van der Waals surface area contributed by atoms with Crippen LogP contribution in [0.1, 0.15) is 17.9 Å². The topological polar surface area (TPSA) is 20.3 Å². The first-order valence-corrected chi connectivity index (χ1v) is 6.93. The van der Waals surface area contributed by atoms with Gasteiger partial charge in [0.05, 0.1) is 0 Å². The van der Waals surface area contributed by atoms with Gasteiger partial charge in [-0.3, -0.25) is 4.79 Å². The van der Waals surface area contributed by atoms with Crippen molar-refractivity contribution in [3.63, 3.8) is 0 Å². The molecule has 1 aromatic rings. The number of amides is 1. The highest BCUT2D eigenvalue weighted by Crippen LogP contribution is 2.26. The van der Waals surface area contributed by atoms with Gasteiger partial charge in [-0.25, -0.2) is 0 Å². The smallest absolute Gasteiger partial charge is 0.222 e. The third kappa shape index (κ3) is 5.01. The van der Waals surface area contributed by atoms with E-state index in [2.05, 4.69) is 15.9 Å². The minimum absolute atomic E-state index is 0.0359. The average molecular weight is 351 g/mol. The van der Waals surface area contributed by atoms with Crippen molar-refractivity contribution in [1.29, 1.82) is 0 Å². The number of allylic oxidation sites excluding steroid dienone is 1. The Morgan fingerprint density at radius 1 is 1.33 bits per heavy atom. The van der Waals surface area contributed by atoms with Gasteiger partial charge in [0, 0.05) is 30.9 Å². The summed E-state index contributed by atoms with van der Waals surface area (Å²) in [4.78, 5) is 13.3. The monoisotopic (exact) mass is 349 g/mol. The van der Waals surface area contributed by atoms with Crippen molar-refractivity contribution in [1.82, 2.24) is 4.90 Å². The number of rotatable bonds is 4. The van der Waals surface area contributed by atoms with Gasteiger partial charge in [0.2, 0.25) is 5.91 Å². The zero-order valence-corrected chi connectivity index (χ0v) is 13.3. The van der Waals surface area contributed by atoms with E-state index in [1.807, 2.05) is 24.3 Å². The summed E-state index contributed by atoms with van der Waals surface area (Å²) >= 11 is 14.8. The summed E-state index contributed by atoms with van der Waals surface area (Å²) in [7, 11) is 3.46. The van der Waals surface area contributed by atoms with Crippen LogP contribution in [0.5, 0.6) is 0 Å². The third-order valence-corrected chi connectivity index (χ3v) is 3.30. The fourth-order valence-electron chi connectivity index (χ4n) is 1.51. The summed E-state index contributed by atoms with van der Waals surface area (Å²) in [6.07, 6.45) is 2.03. The molecule has 0 saturated heterocycles. The van der Waals surface area contributed by atoms with Crippen LogP contribution in [0.3, 0.4) is 0 Å². The highest BCUT2D eigenvalue weighted by molar-refractivity contribution is 9.10.